The van der Waals surface area contributed by atoms with Gasteiger partial charge in [0.25, 0.3) is 0 Å². The van der Waals surface area contributed by atoms with E-state index in [4.69, 9.17) is 4.74 Å². The number of ether oxygens (including phenoxy) is 1. The Morgan fingerprint density at radius 2 is 2.33 bits per heavy atom. The molecule has 0 radical (unpaired) electrons. The summed E-state index contributed by atoms with van der Waals surface area (Å²) >= 11 is 4.12. The van der Waals surface area contributed by atoms with Gasteiger partial charge in [-0.05, 0) is 19.8 Å². The Balaban J connectivity index is 0.00000196. The van der Waals surface area contributed by atoms with Gasteiger partial charge in [-0.1, -0.05) is 5.21 Å². The minimum absolute atomic E-state index is 0. The number of rotatable bonds is 5. The predicted octanol–water partition coefficient (Wildman–Crippen LogP) is 0.331. The van der Waals surface area contributed by atoms with Crippen LogP contribution < -0.4 is 0 Å². The number of H-pyrrole nitrogens is 1. The zero-order valence-electron chi connectivity index (χ0n) is 7.99. The second-order valence-electron chi connectivity index (χ2n) is 2.77. The van der Waals surface area contributed by atoms with E-state index in [1.54, 1.807) is 6.92 Å². The Morgan fingerprint density at radius 3 is 2.87 bits per heavy atom. The molecule has 0 aliphatic carbocycles. The summed E-state index contributed by atoms with van der Waals surface area (Å²) in [5.74, 6) is -0.170. The van der Waals surface area contributed by atoms with E-state index in [0.717, 1.165) is 5.69 Å². The molecule has 0 saturated carbocycles. The summed E-state index contributed by atoms with van der Waals surface area (Å²) in [5, 5.41) is 10.7. The molecule has 0 aliphatic heterocycles. The van der Waals surface area contributed by atoms with E-state index in [1.165, 1.54) is 0 Å². The Bertz CT molecular complexity index is 306. The summed E-state index contributed by atoms with van der Waals surface area (Å²) in [6.45, 7) is 2.22. The maximum atomic E-state index is 11.0. The van der Waals surface area contributed by atoms with Gasteiger partial charge >= 0.3 is 35.5 Å². The van der Waals surface area contributed by atoms with E-state index < -0.39 is 0 Å². The molecular formula is C8H14N3NaO2S. The molecule has 7 heteroatoms. The number of hydrogen-bond donors (Lipinski definition) is 2. The van der Waals surface area contributed by atoms with Crippen molar-refractivity contribution in [3.63, 3.8) is 0 Å². The SMILES string of the molecule is CCOC(=O)CCCc1nn[nH]c1S.[NaH]. The van der Waals surface area contributed by atoms with Crippen molar-refractivity contribution in [3.05, 3.63) is 5.69 Å². The molecule has 1 aromatic heterocycles. The van der Waals surface area contributed by atoms with Crippen molar-refractivity contribution in [2.24, 2.45) is 0 Å². The topological polar surface area (TPSA) is 67.9 Å². The van der Waals surface area contributed by atoms with E-state index in [2.05, 4.69) is 28.0 Å². The monoisotopic (exact) mass is 239 g/mol. The summed E-state index contributed by atoms with van der Waals surface area (Å²) in [7, 11) is 0. The average molecular weight is 239 g/mol. The van der Waals surface area contributed by atoms with Crippen molar-refractivity contribution in [2.45, 2.75) is 31.2 Å². The van der Waals surface area contributed by atoms with Crippen molar-refractivity contribution < 1.29 is 9.53 Å². The molecule has 0 unspecified atom stereocenters. The summed E-state index contributed by atoms with van der Waals surface area (Å²) in [6, 6.07) is 0. The summed E-state index contributed by atoms with van der Waals surface area (Å²) in [6.07, 6.45) is 1.81. The summed E-state index contributed by atoms with van der Waals surface area (Å²) in [5.41, 5.74) is 0.789. The number of nitrogens with one attached hydrogen (secondary N) is 1. The van der Waals surface area contributed by atoms with Gasteiger partial charge in [-0.15, -0.1) is 17.7 Å². The molecule has 0 fully saturated rings. The van der Waals surface area contributed by atoms with Gasteiger partial charge in [0.15, 0.2) is 0 Å². The molecule has 0 aromatic carbocycles. The van der Waals surface area contributed by atoms with Crippen molar-refractivity contribution in [3.8, 4) is 0 Å². The normalized spacial score (nSPS) is 9.47. The van der Waals surface area contributed by atoms with E-state index in [1.807, 2.05) is 0 Å². The van der Waals surface area contributed by atoms with E-state index >= 15 is 0 Å². The molecule has 1 N–H and O–H groups in total. The van der Waals surface area contributed by atoms with Crippen LogP contribution in [0, 0.1) is 0 Å². The first-order valence-corrected chi connectivity index (χ1v) is 4.93. The van der Waals surface area contributed by atoms with Gasteiger partial charge in [-0.2, -0.15) is 0 Å². The molecule has 80 valence electrons. The average Bonchev–Trinajstić information content (AvgIpc) is 2.52. The predicted molar refractivity (Wildman–Crippen MR) is 60.4 cm³/mol. The summed E-state index contributed by atoms with van der Waals surface area (Å²) < 4.78 is 4.79. The molecule has 0 atom stereocenters. The van der Waals surface area contributed by atoms with Crippen LogP contribution >= 0.6 is 12.6 Å². The van der Waals surface area contributed by atoms with Gasteiger partial charge in [0, 0.05) is 6.42 Å². The maximum absolute atomic E-state index is 11.0. The fraction of sp³-hybridized carbons (Fsp3) is 0.625. The molecule has 0 spiro atoms. The molecule has 0 saturated heterocycles. The van der Waals surface area contributed by atoms with Gasteiger partial charge in [-0.25, -0.2) is 0 Å². The third-order valence-corrected chi connectivity index (χ3v) is 2.06. The third-order valence-electron chi connectivity index (χ3n) is 1.70. The van der Waals surface area contributed by atoms with Crippen molar-refractivity contribution in [1.29, 1.82) is 0 Å². The molecule has 0 amide bonds. The Morgan fingerprint density at radius 1 is 1.60 bits per heavy atom. The molecule has 0 bridgehead atoms. The van der Waals surface area contributed by atoms with E-state index in [9.17, 15) is 4.79 Å². The number of carbonyl (C=O) groups is 1. The number of nitrogens with zero attached hydrogens (tertiary/aromatic N) is 2. The van der Waals surface area contributed by atoms with Crippen molar-refractivity contribution in [2.75, 3.05) is 6.61 Å². The number of carbonyl (C=O) groups excluding carboxylic acids is 1. The number of aryl methyl sites for hydroxylation is 1. The molecule has 1 rings (SSSR count). The Labute approximate surface area is 116 Å². The summed E-state index contributed by atoms with van der Waals surface area (Å²) in [4.78, 5) is 11.0. The number of aromatic amines is 1. The number of hydrogen-bond acceptors (Lipinski definition) is 5. The van der Waals surface area contributed by atoms with Crippen LogP contribution in [0.1, 0.15) is 25.5 Å². The second-order valence-corrected chi connectivity index (χ2v) is 3.21. The Kier molecular flexibility index (Phi) is 8.13. The van der Waals surface area contributed by atoms with Crippen LogP contribution in [0.25, 0.3) is 0 Å². The first-order chi connectivity index (χ1) is 6.74. The van der Waals surface area contributed by atoms with Gasteiger partial charge in [0.05, 0.1) is 12.3 Å². The first-order valence-electron chi connectivity index (χ1n) is 4.48. The van der Waals surface area contributed by atoms with Crippen LogP contribution in [-0.2, 0) is 16.0 Å². The first kappa shape index (κ1) is 15.0. The molecule has 1 heterocycles. The molecule has 1 aromatic rings. The van der Waals surface area contributed by atoms with Gasteiger partial charge < -0.3 is 4.74 Å². The number of aromatic nitrogens is 3. The van der Waals surface area contributed by atoms with Crippen molar-refractivity contribution >= 4 is 48.2 Å². The Hall–Kier alpha value is -0.0400. The van der Waals surface area contributed by atoms with E-state index in [0.29, 0.717) is 30.9 Å². The zero-order chi connectivity index (χ0) is 10.4. The molecular weight excluding hydrogens is 225 g/mol. The van der Waals surface area contributed by atoms with E-state index in [-0.39, 0.29) is 35.5 Å². The fourth-order valence-electron chi connectivity index (χ4n) is 1.05. The fourth-order valence-corrected chi connectivity index (χ4v) is 1.25. The molecule has 0 aliphatic rings. The third kappa shape index (κ3) is 5.55. The zero-order valence-corrected chi connectivity index (χ0v) is 8.88. The minimum atomic E-state index is -0.170. The van der Waals surface area contributed by atoms with Crippen LogP contribution in [0.4, 0.5) is 0 Å². The number of thiol groups is 1. The quantitative estimate of drug-likeness (QED) is 0.441. The van der Waals surface area contributed by atoms with Gasteiger partial charge in [-0.3, -0.25) is 9.89 Å². The van der Waals surface area contributed by atoms with Gasteiger partial charge in [0.2, 0.25) is 0 Å². The second kappa shape index (κ2) is 8.15. The van der Waals surface area contributed by atoms with Gasteiger partial charge in [0.1, 0.15) is 5.03 Å². The molecule has 5 nitrogen and oxygen atoms in total. The molecule has 15 heavy (non-hydrogen) atoms. The van der Waals surface area contributed by atoms with Crippen molar-refractivity contribution in [1.82, 2.24) is 15.4 Å². The standard InChI is InChI=1S/C8H13N3O2S.Na.H/c1-2-13-7(12)5-3-4-6-8(14)10-11-9-6;;/h2-5H2,1H3,(H2,9,10,11,14);;. The van der Waals surface area contributed by atoms with Crippen LogP contribution in [0.5, 0.6) is 0 Å². The number of esters is 1. The van der Waals surface area contributed by atoms with Crippen LogP contribution in [0.3, 0.4) is 0 Å². The van der Waals surface area contributed by atoms with Crippen LogP contribution in [0.15, 0.2) is 5.03 Å². The van der Waals surface area contributed by atoms with Crippen LogP contribution in [0.2, 0.25) is 0 Å². The van der Waals surface area contributed by atoms with Crippen LogP contribution in [-0.4, -0.2) is 57.5 Å².